The Morgan fingerprint density at radius 1 is 0.704 bits per heavy atom. The van der Waals surface area contributed by atoms with Crippen LogP contribution in [0, 0.1) is 0 Å². The molecule has 0 spiro atoms. The zero-order valence-corrected chi connectivity index (χ0v) is 15.1. The Morgan fingerprint density at radius 3 is 1.78 bits per heavy atom. The summed E-state index contributed by atoms with van der Waals surface area (Å²) in [4.78, 5) is 0. The van der Waals surface area contributed by atoms with E-state index in [2.05, 4.69) is 0 Å². The van der Waals surface area contributed by atoms with Gasteiger partial charge in [-0.15, -0.1) is 0 Å². The first-order chi connectivity index (χ1) is 12.8. The summed E-state index contributed by atoms with van der Waals surface area (Å²) in [6.45, 7) is 1.27. The minimum atomic E-state index is -1.60. The van der Waals surface area contributed by atoms with E-state index in [4.69, 9.17) is 24.1 Å². The molecule has 2 heterocycles. The number of ether oxygens (including phenoxy) is 4. The molecule has 0 radical (unpaired) electrons. The second kappa shape index (κ2) is 10.4. The molecule has 7 N–H and O–H groups in total. The number of aliphatic hydroxyl groups is 7. The van der Waals surface area contributed by atoms with E-state index in [0.717, 1.165) is 12.8 Å². The van der Waals surface area contributed by atoms with Gasteiger partial charge in [0.25, 0.3) is 0 Å². The van der Waals surface area contributed by atoms with Crippen molar-refractivity contribution in [3.63, 3.8) is 0 Å². The third kappa shape index (κ3) is 5.34. The summed E-state index contributed by atoms with van der Waals surface area (Å²) in [7, 11) is 0. The van der Waals surface area contributed by atoms with Crippen molar-refractivity contribution >= 4 is 0 Å². The number of rotatable bonds is 8. The van der Waals surface area contributed by atoms with Crippen molar-refractivity contribution in [1.29, 1.82) is 0 Å². The second-order valence-electron chi connectivity index (χ2n) is 6.77. The van der Waals surface area contributed by atoms with Crippen molar-refractivity contribution in [1.82, 2.24) is 0 Å². The van der Waals surface area contributed by atoms with Crippen molar-refractivity contribution in [3.8, 4) is 0 Å². The average molecular weight is 398 g/mol. The van der Waals surface area contributed by atoms with Crippen molar-refractivity contribution in [2.45, 2.75) is 81.2 Å². The fourth-order valence-corrected chi connectivity index (χ4v) is 2.93. The van der Waals surface area contributed by atoms with E-state index in [1.54, 1.807) is 0 Å². The molecule has 0 bridgehead atoms. The van der Waals surface area contributed by atoms with Crippen LogP contribution in [0.5, 0.6) is 0 Å². The third-order valence-corrected chi connectivity index (χ3v) is 4.72. The highest BCUT2D eigenvalue weighted by molar-refractivity contribution is 4.91. The Labute approximate surface area is 156 Å². The van der Waals surface area contributed by atoms with Gasteiger partial charge >= 0.3 is 0 Å². The number of aliphatic hydroxyl groups excluding tert-OH is 7. The molecule has 2 fully saturated rings. The lowest BCUT2D eigenvalue weighted by molar-refractivity contribution is -0.331. The van der Waals surface area contributed by atoms with E-state index in [1.807, 2.05) is 6.92 Å². The highest BCUT2D eigenvalue weighted by Crippen LogP contribution is 2.26. The standard InChI is InChI=1S/C16H30O11/c1-2-3-4-24-15-13(22)12(21)10(19)8(27-15)6-25-16-14(23)11(20)9(18)7(5-17)26-16/h7-23H,2-6H2,1H3/t7?,8?,9-,10-,11?,12?,13?,14?,15+,16+/m0/s1. The first-order valence-corrected chi connectivity index (χ1v) is 9.05. The van der Waals surface area contributed by atoms with E-state index in [9.17, 15) is 30.6 Å². The maximum atomic E-state index is 10.1. The van der Waals surface area contributed by atoms with Gasteiger partial charge in [-0.3, -0.25) is 0 Å². The van der Waals surface area contributed by atoms with E-state index in [0.29, 0.717) is 6.61 Å². The SMILES string of the molecule is CCCCO[C@@H]1OC(CO[C@@H]2OC(CO)[C@H](O)C(O)C2O)[C@H](O)C(O)C1O. The first-order valence-electron chi connectivity index (χ1n) is 9.05. The lowest BCUT2D eigenvalue weighted by Crippen LogP contribution is -2.61. The summed E-state index contributed by atoms with van der Waals surface area (Å²) in [5, 5.41) is 68.6. The van der Waals surface area contributed by atoms with E-state index in [-0.39, 0.29) is 6.61 Å². The Bertz CT molecular complexity index is 437. The zero-order chi connectivity index (χ0) is 20.1. The smallest absolute Gasteiger partial charge is 0.186 e. The molecular formula is C16H30O11. The van der Waals surface area contributed by atoms with Gasteiger partial charge in [-0.1, -0.05) is 13.3 Å². The highest BCUT2D eigenvalue weighted by atomic mass is 16.7. The number of hydrogen-bond acceptors (Lipinski definition) is 11. The van der Waals surface area contributed by atoms with Gasteiger partial charge < -0.3 is 54.7 Å². The molecule has 2 rings (SSSR count). The van der Waals surface area contributed by atoms with Gasteiger partial charge in [-0.05, 0) is 6.42 Å². The normalized spacial score (nSPS) is 45.8. The van der Waals surface area contributed by atoms with Gasteiger partial charge in [-0.2, -0.15) is 0 Å². The second-order valence-corrected chi connectivity index (χ2v) is 6.77. The minimum absolute atomic E-state index is 0.293. The van der Waals surface area contributed by atoms with Crippen LogP contribution < -0.4 is 0 Å². The predicted octanol–water partition coefficient (Wildman–Crippen LogP) is -3.57. The van der Waals surface area contributed by atoms with Crippen molar-refractivity contribution in [3.05, 3.63) is 0 Å². The van der Waals surface area contributed by atoms with Crippen LogP contribution in [0.3, 0.4) is 0 Å². The Balaban J connectivity index is 1.94. The summed E-state index contributed by atoms with van der Waals surface area (Å²) >= 11 is 0. The van der Waals surface area contributed by atoms with E-state index >= 15 is 0 Å². The van der Waals surface area contributed by atoms with Crippen molar-refractivity contribution in [2.75, 3.05) is 19.8 Å². The molecule has 0 aromatic carbocycles. The van der Waals surface area contributed by atoms with Crippen LogP contribution in [0.1, 0.15) is 19.8 Å². The van der Waals surface area contributed by atoms with Gasteiger partial charge in [0.05, 0.1) is 13.2 Å². The number of hydrogen-bond donors (Lipinski definition) is 7. The molecule has 11 nitrogen and oxygen atoms in total. The van der Waals surface area contributed by atoms with Gasteiger partial charge in [0.15, 0.2) is 12.6 Å². The molecule has 0 aromatic heterocycles. The Kier molecular flexibility index (Phi) is 8.77. The molecule has 10 atom stereocenters. The van der Waals surface area contributed by atoms with Crippen LogP contribution in [0.2, 0.25) is 0 Å². The monoisotopic (exact) mass is 398 g/mol. The molecule has 2 aliphatic rings. The van der Waals surface area contributed by atoms with Crippen LogP contribution in [-0.2, 0) is 18.9 Å². The van der Waals surface area contributed by atoms with Crippen LogP contribution in [-0.4, -0.2) is 117 Å². The average Bonchev–Trinajstić information content (AvgIpc) is 2.66. The van der Waals surface area contributed by atoms with Gasteiger partial charge in [0.1, 0.15) is 48.8 Å². The lowest BCUT2D eigenvalue weighted by atomic mass is 9.98. The zero-order valence-electron chi connectivity index (χ0n) is 15.1. The summed E-state index contributed by atoms with van der Waals surface area (Å²) in [5.41, 5.74) is 0. The summed E-state index contributed by atoms with van der Waals surface area (Å²) < 4.78 is 21.4. The first kappa shape index (κ1) is 22.8. The van der Waals surface area contributed by atoms with E-state index in [1.165, 1.54) is 0 Å². The summed E-state index contributed by atoms with van der Waals surface area (Å²) in [6.07, 6.45) is -12.4. The van der Waals surface area contributed by atoms with Crippen LogP contribution >= 0.6 is 0 Å². The quantitative estimate of drug-likeness (QED) is 0.201. The molecule has 27 heavy (non-hydrogen) atoms. The molecule has 6 unspecified atom stereocenters. The molecule has 160 valence electrons. The number of unbranched alkanes of at least 4 members (excludes halogenated alkanes) is 1. The maximum Gasteiger partial charge on any atom is 0.186 e. The van der Waals surface area contributed by atoms with E-state index < -0.39 is 68.0 Å². The molecule has 0 amide bonds. The predicted molar refractivity (Wildman–Crippen MR) is 87.3 cm³/mol. The summed E-state index contributed by atoms with van der Waals surface area (Å²) in [5.74, 6) is 0. The molecule has 2 saturated heterocycles. The van der Waals surface area contributed by atoms with Crippen LogP contribution in [0.25, 0.3) is 0 Å². The van der Waals surface area contributed by atoms with Gasteiger partial charge in [-0.25, -0.2) is 0 Å². The molecule has 0 aliphatic carbocycles. The van der Waals surface area contributed by atoms with Gasteiger partial charge in [0, 0.05) is 6.61 Å². The maximum absolute atomic E-state index is 10.1. The Morgan fingerprint density at radius 2 is 1.22 bits per heavy atom. The third-order valence-electron chi connectivity index (χ3n) is 4.72. The molecule has 0 saturated carbocycles. The summed E-state index contributed by atoms with van der Waals surface area (Å²) in [6, 6.07) is 0. The van der Waals surface area contributed by atoms with Crippen LogP contribution in [0.15, 0.2) is 0 Å². The topological polar surface area (TPSA) is 179 Å². The fourth-order valence-electron chi connectivity index (χ4n) is 2.93. The molecule has 11 heteroatoms. The fraction of sp³-hybridized carbons (Fsp3) is 1.00. The van der Waals surface area contributed by atoms with Crippen molar-refractivity contribution in [2.24, 2.45) is 0 Å². The van der Waals surface area contributed by atoms with Crippen LogP contribution in [0.4, 0.5) is 0 Å². The van der Waals surface area contributed by atoms with Crippen molar-refractivity contribution < 1.29 is 54.7 Å². The largest absolute Gasteiger partial charge is 0.394 e. The molecular weight excluding hydrogens is 368 g/mol. The highest BCUT2D eigenvalue weighted by Gasteiger charge is 2.47. The molecule has 0 aromatic rings. The lowest BCUT2D eigenvalue weighted by Gasteiger charge is -2.42. The Hall–Kier alpha value is -0.440. The van der Waals surface area contributed by atoms with Gasteiger partial charge in [0.2, 0.25) is 0 Å². The minimum Gasteiger partial charge on any atom is -0.394 e. The molecule has 2 aliphatic heterocycles.